The third-order valence-electron chi connectivity index (χ3n) is 6.35. The maximum Gasteiger partial charge on any atom is 0.573 e. The molecule has 2 fully saturated rings. The average Bonchev–Trinajstić information content (AvgIpc) is 3.32. The van der Waals surface area contributed by atoms with Crippen LogP contribution in [-0.2, 0) is 6.18 Å². The van der Waals surface area contributed by atoms with E-state index in [9.17, 15) is 31.1 Å². The molecule has 0 aliphatic carbocycles. The van der Waals surface area contributed by atoms with Gasteiger partial charge in [0.15, 0.2) is 0 Å². The number of rotatable bonds is 5. The van der Waals surface area contributed by atoms with E-state index in [1.165, 1.54) is 25.0 Å². The molecule has 2 aliphatic rings. The minimum atomic E-state index is -4.93. The van der Waals surface area contributed by atoms with Crippen molar-refractivity contribution >= 4 is 5.91 Å². The Morgan fingerprint density at radius 1 is 0.914 bits per heavy atom. The first-order chi connectivity index (χ1) is 16.5. The van der Waals surface area contributed by atoms with Gasteiger partial charge < -0.3 is 9.64 Å². The number of hydrogen-bond donors (Lipinski definition) is 1. The van der Waals surface area contributed by atoms with Gasteiger partial charge in [0.05, 0.1) is 5.56 Å². The number of benzene rings is 2. The van der Waals surface area contributed by atoms with Gasteiger partial charge in [0.2, 0.25) is 0 Å². The van der Waals surface area contributed by atoms with Crippen LogP contribution in [0.1, 0.15) is 41.6 Å². The highest BCUT2D eigenvalue weighted by atomic mass is 19.4. The molecule has 2 heterocycles. The fourth-order valence-corrected chi connectivity index (χ4v) is 4.67. The van der Waals surface area contributed by atoms with Crippen LogP contribution in [0.4, 0.5) is 26.3 Å². The molecule has 0 aromatic heterocycles. The highest BCUT2D eigenvalue weighted by molar-refractivity contribution is 6.01. The maximum absolute atomic E-state index is 13.4. The molecule has 2 saturated heterocycles. The summed E-state index contributed by atoms with van der Waals surface area (Å²) in [6, 6.07) is 7.82. The average molecular weight is 501 g/mol. The number of carbonyl (C=O) groups excluding carboxylic acids is 1. The SMILES string of the molecule is O=C(NN1CCC(N2CCCC2)CC1)c1cc(C(F)(F)F)ccc1-c1cccc(OC(F)(F)F)c1. The molecule has 0 unspecified atom stereocenters. The minimum absolute atomic E-state index is 0.0649. The van der Waals surface area contributed by atoms with E-state index in [4.69, 9.17) is 0 Å². The maximum atomic E-state index is 13.4. The molecule has 190 valence electrons. The number of halogens is 6. The van der Waals surface area contributed by atoms with Gasteiger partial charge >= 0.3 is 12.5 Å². The summed E-state index contributed by atoms with van der Waals surface area (Å²) in [5, 5.41) is 1.68. The normalized spacial score (nSPS) is 18.6. The van der Waals surface area contributed by atoms with Gasteiger partial charge in [-0.15, -0.1) is 13.2 Å². The van der Waals surface area contributed by atoms with E-state index in [0.29, 0.717) is 19.1 Å². The highest BCUT2D eigenvalue weighted by Crippen LogP contribution is 2.35. The predicted octanol–water partition coefficient (Wildman–Crippen LogP) is 5.48. The lowest BCUT2D eigenvalue weighted by Gasteiger charge is -2.36. The lowest BCUT2D eigenvalue weighted by atomic mass is 9.96. The van der Waals surface area contributed by atoms with Crippen LogP contribution < -0.4 is 10.2 Å². The van der Waals surface area contributed by atoms with Gasteiger partial charge in [-0.25, -0.2) is 5.01 Å². The van der Waals surface area contributed by atoms with Crippen molar-refractivity contribution in [3.05, 3.63) is 53.6 Å². The molecule has 0 atom stereocenters. The van der Waals surface area contributed by atoms with Gasteiger partial charge in [0.25, 0.3) is 5.91 Å². The molecule has 0 saturated carbocycles. The molecule has 0 spiro atoms. The standard InChI is InChI=1S/C24H25F6N3O2/c25-23(26,27)17-6-7-20(16-4-3-5-19(14-16)35-24(28,29)30)21(15-17)22(34)31-33-12-8-18(9-13-33)32-10-1-2-11-32/h3-7,14-15,18H,1-2,8-13H2,(H,31,34). The zero-order chi connectivity index (χ0) is 25.2. The summed E-state index contributed by atoms with van der Waals surface area (Å²) in [5.74, 6) is -1.29. The molecule has 2 aliphatic heterocycles. The summed E-state index contributed by atoms with van der Waals surface area (Å²) in [6.07, 6.45) is -5.63. The Morgan fingerprint density at radius 2 is 1.60 bits per heavy atom. The number of alkyl halides is 6. The number of likely N-dealkylation sites (tertiary alicyclic amines) is 1. The summed E-state index contributed by atoms with van der Waals surface area (Å²) in [7, 11) is 0. The van der Waals surface area contributed by atoms with Gasteiger partial charge in [-0.2, -0.15) is 13.2 Å². The van der Waals surface area contributed by atoms with E-state index in [1.54, 1.807) is 5.01 Å². The Kier molecular flexibility index (Phi) is 7.27. The lowest BCUT2D eigenvalue weighted by molar-refractivity contribution is -0.274. The molecule has 2 aromatic carbocycles. The van der Waals surface area contributed by atoms with Gasteiger partial charge in [0, 0.05) is 24.7 Å². The van der Waals surface area contributed by atoms with Crippen LogP contribution >= 0.6 is 0 Å². The van der Waals surface area contributed by atoms with Crippen molar-refractivity contribution in [1.29, 1.82) is 0 Å². The molecule has 11 heteroatoms. The van der Waals surface area contributed by atoms with Crippen molar-refractivity contribution in [3.8, 4) is 16.9 Å². The van der Waals surface area contributed by atoms with Crippen LogP contribution in [0.5, 0.6) is 5.75 Å². The number of nitrogens with zero attached hydrogens (tertiary/aromatic N) is 2. The van der Waals surface area contributed by atoms with Crippen LogP contribution in [0.2, 0.25) is 0 Å². The van der Waals surface area contributed by atoms with Crippen LogP contribution in [0, 0.1) is 0 Å². The Morgan fingerprint density at radius 3 is 2.23 bits per heavy atom. The molecule has 0 bridgehead atoms. The first kappa shape index (κ1) is 25.3. The number of piperidine rings is 1. The number of hydrogen-bond acceptors (Lipinski definition) is 4. The predicted molar refractivity (Wildman–Crippen MR) is 116 cm³/mol. The lowest BCUT2D eigenvalue weighted by Crippen LogP contribution is -2.50. The molecule has 2 aromatic rings. The zero-order valence-electron chi connectivity index (χ0n) is 18.8. The second-order valence-corrected chi connectivity index (χ2v) is 8.74. The zero-order valence-corrected chi connectivity index (χ0v) is 18.8. The third-order valence-corrected chi connectivity index (χ3v) is 6.35. The summed E-state index contributed by atoms with van der Waals surface area (Å²) >= 11 is 0. The van der Waals surface area contributed by atoms with Crippen LogP contribution in [0.3, 0.4) is 0 Å². The topological polar surface area (TPSA) is 44.8 Å². The second-order valence-electron chi connectivity index (χ2n) is 8.74. The Labute approximate surface area is 198 Å². The summed E-state index contributed by atoms with van der Waals surface area (Å²) in [6.45, 7) is 3.22. The van der Waals surface area contributed by atoms with E-state index >= 15 is 0 Å². The Hall–Kier alpha value is -2.79. The number of carbonyl (C=O) groups is 1. The third kappa shape index (κ3) is 6.46. The Balaban J connectivity index is 1.56. The smallest absolute Gasteiger partial charge is 0.406 e. The number of nitrogens with one attached hydrogen (secondary N) is 1. The molecule has 1 amide bonds. The number of amides is 1. The minimum Gasteiger partial charge on any atom is -0.406 e. The van der Waals surface area contributed by atoms with Crippen molar-refractivity contribution in [2.45, 2.75) is 44.3 Å². The van der Waals surface area contributed by atoms with Crippen LogP contribution in [0.25, 0.3) is 11.1 Å². The van der Waals surface area contributed by atoms with Crippen molar-refractivity contribution in [3.63, 3.8) is 0 Å². The van der Waals surface area contributed by atoms with E-state index < -0.39 is 29.8 Å². The van der Waals surface area contributed by atoms with Gasteiger partial charge in [-0.3, -0.25) is 10.2 Å². The largest absolute Gasteiger partial charge is 0.573 e. The molecule has 35 heavy (non-hydrogen) atoms. The molecular weight excluding hydrogens is 476 g/mol. The molecule has 5 nitrogen and oxygen atoms in total. The second kappa shape index (κ2) is 10.1. The molecule has 4 rings (SSSR count). The van der Waals surface area contributed by atoms with E-state index in [0.717, 1.165) is 56.3 Å². The summed E-state index contributed by atoms with van der Waals surface area (Å²) in [4.78, 5) is 15.5. The van der Waals surface area contributed by atoms with E-state index in [-0.39, 0.29) is 16.7 Å². The number of ether oxygens (including phenoxy) is 1. The van der Waals surface area contributed by atoms with Crippen molar-refractivity contribution < 1.29 is 35.9 Å². The van der Waals surface area contributed by atoms with Crippen molar-refractivity contribution in [2.75, 3.05) is 26.2 Å². The summed E-state index contributed by atoms with van der Waals surface area (Å²) in [5.41, 5.74) is 1.56. The summed E-state index contributed by atoms with van der Waals surface area (Å²) < 4.78 is 81.9. The van der Waals surface area contributed by atoms with Gasteiger partial charge in [0.1, 0.15) is 5.75 Å². The molecular formula is C24H25F6N3O2. The quantitative estimate of drug-likeness (QED) is 0.552. The van der Waals surface area contributed by atoms with E-state index in [1.807, 2.05) is 0 Å². The fourth-order valence-electron chi connectivity index (χ4n) is 4.67. The van der Waals surface area contributed by atoms with Crippen LogP contribution in [0.15, 0.2) is 42.5 Å². The van der Waals surface area contributed by atoms with Crippen molar-refractivity contribution in [2.24, 2.45) is 0 Å². The van der Waals surface area contributed by atoms with Gasteiger partial charge in [-0.1, -0.05) is 18.2 Å². The van der Waals surface area contributed by atoms with Crippen LogP contribution in [-0.4, -0.2) is 54.4 Å². The monoisotopic (exact) mass is 501 g/mol. The fraction of sp³-hybridized carbons (Fsp3) is 0.458. The van der Waals surface area contributed by atoms with E-state index in [2.05, 4.69) is 15.1 Å². The molecule has 1 N–H and O–H groups in total. The first-order valence-corrected chi connectivity index (χ1v) is 11.4. The molecule has 0 radical (unpaired) electrons. The number of hydrazine groups is 1. The Bertz CT molecular complexity index is 1040. The van der Waals surface area contributed by atoms with Gasteiger partial charge in [-0.05, 0) is 74.2 Å². The first-order valence-electron chi connectivity index (χ1n) is 11.4. The highest BCUT2D eigenvalue weighted by Gasteiger charge is 2.34. The van der Waals surface area contributed by atoms with Crippen molar-refractivity contribution in [1.82, 2.24) is 15.3 Å².